The van der Waals surface area contributed by atoms with Crippen molar-refractivity contribution < 1.29 is 8.81 Å². The first-order valence-electron chi connectivity index (χ1n) is 4.52. The van der Waals surface area contributed by atoms with Gasteiger partial charge in [-0.05, 0) is 34.1 Å². The van der Waals surface area contributed by atoms with Gasteiger partial charge in [-0.15, -0.1) is 0 Å². The Labute approximate surface area is 93.6 Å². The molecule has 15 heavy (non-hydrogen) atoms. The molecule has 0 radical (unpaired) electrons. The molecule has 0 saturated carbocycles. The monoisotopic (exact) mass is 264 g/mol. The second-order valence-corrected chi connectivity index (χ2v) is 4.19. The van der Waals surface area contributed by atoms with Gasteiger partial charge in [0.15, 0.2) is 11.4 Å². The molecule has 0 atom stereocenters. The van der Waals surface area contributed by atoms with Crippen LogP contribution in [0.5, 0.6) is 0 Å². The molecule has 3 heteroatoms. The summed E-state index contributed by atoms with van der Waals surface area (Å²) >= 11 is 3.14. The lowest BCUT2D eigenvalue weighted by Crippen LogP contribution is -1.76. The van der Waals surface area contributed by atoms with E-state index in [4.69, 9.17) is 4.42 Å². The zero-order valence-corrected chi connectivity index (χ0v) is 9.21. The van der Waals surface area contributed by atoms with E-state index in [0.29, 0.717) is 15.6 Å². The van der Waals surface area contributed by atoms with Gasteiger partial charge in [-0.3, -0.25) is 0 Å². The molecule has 0 unspecified atom stereocenters. The molecule has 2 aromatic carbocycles. The van der Waals surface area contributed by atoms with E-state index >= 15 is 0 Å². The van der Waals surface area contributed by atoms with Gasteiger partial charge in [0, 0.05) is 10.8 Å². The van der Waals surface area contributed by atoms with Crippen LogP contribution in [0.25, 0.3) is 21.9 Å². The Morgan fingerprint density at radius 2 is 1.80 bits per heavy atom. The molecule has 0 saturated heterocycles. The first-order valence-corrected chi connectivity index (χ1v) is 5.32. The predicted molar refractivity (Wildman–Crippen MR) is 61.4 cm³/mol. The molecule has 0 bridgehead atoms. The topological polar surface area (TPSA) is 13.1 Å². The van der Waals surface area contributed by atoms with Gasteiger partial charge < -0.3 is 4.42 Å². The van der Waals surface area contributed by atoms with Crippen LogP contribution in [-0.2, 0) is 0 Å². The highest BCUT2D eigenvalue weighted by Gasteiger charge is 2.12. The van der Waals surface area contributed by atoms with Crippen LogP contribution < -0.4 is 0 Å². The van der Waals surface area contributed by atoms with Crippen LogP contribution in [0.4, 0.5) is 4.39 Å². The van der Waals surface area contributed by atoms with Crippen molar-refractivity contribution in [3.05, 3.63) is 46.7 Å². The van der Waals surface area contributed by atoms with Crippen molar-refractivity contribution in [1.82, 2.24) is 0 Å². The predicted octanol–water partition coefficient (Wildman–Crippen LogP) is 4.49. The summed E-state index contributed by atoms with van der Waals surface area (Å²) in [7, 11) is 0. The summed E-state index contributed by atoms with van der Waals surface area (Å²) in [4.78, 5) is 0. The van der Waals surface area contributed by atoms with Crippen molar-refractivity contribution in [3.8, 4) is 0 Å². The average molecular weight is 265 g/mol. The first-order chi connectivity index (χ1) is 7.27. The normalized spacial score (nSPS) is 11.3. The van der Waals surface area contributed by atoms with E-state index in [-0.39, 0.29) is 5.82 Å². The second kappa shape index (κ2) is 3.07. The largest absolute Gasteiger partial charge is 0.453 e. The molecule has 0 N–H and O–H groups in total. The van der Waals surface area contributed by atoms with Gasteiger partial charge in [-0.1, -0.05) is 18.2 Å². The van der Waals surface area contributed by atoms with Crippen molar-refractivity contribution in [2.75, 3.05) is 0 Å². The third-order valence-electron chi connectivity index (χ3n) is 2.44. The molecule has 3 rings (SSSR count). The SMILES string of the molecule is Fc1c(Br)ccc2c1oc1ccccc12. The Balaban J connectivity index is 2.60. The van der Waals surface area contributed by atoms with E-state index in [2.05, 4.69) is 15.9 Å². The third kappa shape index (κ3) is 1.20. The van der Waals surface area contributed by atoms with E-state index in [0.717, 1.165) is 10.8 Å². The van der Waals surface area contributed by atoms with E-state index in [9.17, 15) is 4.39 Å². The molecule has 0 aliphatic rings. The lowest BCUT2D eigenvalue weighted by molar-refractivity contribution is 0.580. The minimum atomic E-state index is -0.344. The summed E-state index contributed by atoms with van der Waals surface area (Å²) in [6, 6.07) is 11.1. The molecule has 0 aliphatic heterocycles. The molecule has 0 aliphatic carbocycles. The highest BCUT2D eigenvalue weighted by molar-refractivity contribution is 9.10. The number of rotatable bonds is 0. The van der Waals surface area contributed by atoms with Crippen LogP contribution in [-0.4, -0.2) is 0 Å². The molecular formula is C12H6BrFO. The maximum atomic E-state index is 13.7. The van der Waals surface area contributed by atoms with Crippen molar-refractivity contribution in [2.45, 2.75) is 0 Å². The smallest absolute Gasteiger partial charge is 0.180 e. The van der Waals surface area contributed by atoms with Crippen molar-refractivity contribution in [2.24, 2.45) is 0 Å². The average Bonchev–Trinajstić information content (AvgIpc) is 2.63. The van der Waals surface area contributed by atoms with Gasteiger partial charge in [-0.25, -0.2) is 4.39 Å². The Kier molecular flexibility index (Phi) is 1.83. The molecule has 1 heterocycles. The van der Waals surface area contributed by atoms with E-state index < -0.39 is 0 Å². The molecule has 1 nitrogen and oxygen atoms in total. The van der Waals surface area contributed by atoms with Gasteiger partial charge in [0.1, 0.15) is 5.58 Å². The van der Waals surface area contributed by atoms with Crippen LogP contribution in [0.2, 0.25) is 0 Å². The highest BCUT2D eigenvalue weighted by atomic mass is 79.9. The fraction of sp³-hybridized carbons (Fsp3) is 0. The molecule has 3 aromatic rings. The Bertz CT molecular complexity index is 657. The van der Waals surface area contributed by atoms with E-state index in [1.807, 2.05) is 30.3 Å². The minimum absolute atomic E-state index is 0.311. The zero-order chi connectivity index (χ0) is 10.4. The highest BCUT2D eigenvalue weighted by Crippen LogP contribution is 2.32. The number of fused-ring (bicyclic) bond motifs is 3. The lowest BCUT2D eigenvalue weighted by Gasteiger charge is -1.93. The standard InChI is InChI=1S/C12H6BrFO/c13-9-6-5-8-7-3-1-2-4-10(7)15-12(8)11(9)14/h1-6H. The fourth-order valence-electron chi connectivity index (χ4n) is 1.73. The van der Waals surface area contributed by atoms with Crippen molar-refractivity contribution >= 4 is 37.9 Å². The third-order valence-corrected chi connectivity index (χ3v) is 3.05. The van der Waals surface area contributed by atoms with E-state index in [1.54, 1.807) is 6.07 Å². The number of hydrogen-bond acceptors (Lipinski definition) is 1. The summed E-state index contributed by atoms with van der Waals surface area (Å²) in [6.07, 6.45) is 0. The van der Waals surface area contributed by atoms with Gasteiger partial charge in [0.05, 0.1) is 4.47 Å². The number of halogens is 2. The lowest BCUT2D eigenvalue weighted by atomic mass is 10.1. The number of benzene rings is 2. The van der Waals surface area contributed by atoms with Crippen LogP contribution in [0, 0.1) is 5.82 Å². The number of furan rings is 1. The summed E-state index contributed by atoms with van der Waals surface area (Å²) in [5.74, 6) is -0.344. The van der Waals surface area contributed by atoms with Crippen LogP contribution in [0.3, 0.4) is 0 Å². The van der Waals surface area contributed by atoms with Gasteiger partial charge >= 0.3 is 0 Å². The number of para-hydroxylation sites is 1. The second-order valence-electron chi connectivity index (χ2n) is 3.34. The van der Waals surface area contributed by atoms with Crippen molar-refractivity contribution in [3.63, 3.8) is 0 Å². The fourth-order valence-corrected chi connectivity index (χ4v) is 2.04. The van der Waals surface area contributed by atoms with Gasteiger partial charge in [-0.2, -0.15) is 0 Å². The Morgan fingerprint density at radius 1 is 1.00 bits per heavy atom. The van der Waals surface area contributed by atoms with Crippen LogP contribution in [0.1, 0.15) is 0 Å². The summed E-state index contributed by atoms with van der Waals surface area (Å²) in [6.45, 7) is 0. The van der Waals surface area contributed by atoms with Crippen LogP contribution in [0.15, 0.2) is 45.3 Å². The summed E-state index contributed by atoms with van der Waals surface area (Å²) in [5.41, 5.74) is 1.02. The molecule has 0 spiro atoms. The maximum Gasteiger partial charge on any atom is 0.180 e. The summed E-state index contributed by atoms with van der Waals surface area (Å²) in [5, 5.41) is 1.75. The molecule has 0 fully saturated rings. The number of hydrogen-bond donors (Lipinski definition) is 0. The maximum absolute atomic E-state index is 13.7. The Morgan fingerprint density at radius 3 is 2.67 bits per heavy atom. The quantitative estimate of drug-likeness (QED) is 0.583. The molecule has 0 amide bonds. The van der Waals surface area contributed by atoms with Crippen LogP contribution >= 0.6 is 15.9 Å². The molecular weight excluding hydrogens is 259 g/mol. The zero-order valence-electron chi connectivity index (χ0n) is 7.63. The molecule has 1 aromatic heterocycles. The van der Waals surface area contributed by atoms with E-state index in [1.165, 1.54) is 0 Å². The first kappa shape index (κ1) is 8.92. The molecule has 74 valence electrons. The Hall–Kier alpha value is -1.35. The van der Waals surface area contributed by atoms with Gasteiger partial charge in [0.25, 0.3) is 0 Å². The van der Waals surface area contributed by atoms with Crippen molar-refractivity contribution in [1.29, 1.82) is 0 Å². The van der Waals surface area contributed by atoms with Gasteiger partial charge in [0.2, 0.25) is 0 Å². The summed E-state index contributed by atoms with van der Waals surface area (Å²) < 4.78 is 19.6. The minimum Gasteiger partial charge on any atom is -0.453 e.